The largest absolute Gasteiger partial charge is 0.497 e. The van der Waals surface area contributed by atoms with E-state index in [4.69, 9.17) is 11.2 Å². The molecule has 1 aromatic rings. The molecule has 0 bridgehead atoms. The van der Waals surface area contributed by atoms with Crippen molar-refractivity contribution in [2.24, 2.45) is 5.92 Å². The number of carbonyl (C=O) groups is 1. The second-order valence-electron chi connectivity index (χ2n) is 5.07. The van der Waals surface area contributed by atoms with Crippen LogP contribution < -0.4 is 20.3 Å². The topological polar surface area (TPSA) is 53.6 Å². The average molecular weight is 287 g/mol. The van der Waals surface area contributed by atoms with Gasteiger partial charge in [-0.3, -0.25) is 0 Å². The Morgan fingerprint density at radius 2 is 2.38 bits per heavy atom. The number of methoxy groups -OCH3 is 1. The van der Waals surface area contributed by atoms with Crippen LogP contribution in [0.3, 0.4) is 0 Å². The number of ether oxygens (including phenoxy) is 1. The van der Waals surface area contributed by atoms with Crippen molar-refractivity contribution in [3.05, 3.63) is 24.3 Å². The number of amides is 2. The van der Waals surface area contributed by atoms with Gasteiger partial charge in [-0.25, -0.2) is 4.79 Å². The van der Waals surface area contributed by atoms with Crippen LogP contribution in [0.4, 0.5) is 10.5 Å². The molecule has 1 aliphatic rings. The molecule has 112 valence electrons. The Bertz CT molecular complexity index is 524. The van der Waals surface area contributed by atoms with E-state index in [-0.39, 0.29) is 12.6 Å². The lowest BCUT2D eigenvalue weighted by Crippen LogP contribution is -2.38. The Kier molecular flexibility index (Phi) is 5.33. The van der Waals surface area contributed by atoms with Crippen molar-refractivity contribution in [1.29, 1.82) is 0 Å². The van der Waals surface area contributed by atoms with Gasteiger partial charge in [-0.15, -0.1) is 6.42 Å². The van der Waals surface area contributed by atoms with Crippen molar-refractivity contribution < 1.29 is 9.53 Å². The molecule has 1 heterocycles. The lowest BCUT2D eigenvalue weighted by Gasteiger charge is -2.19. The van der Waals surface area contributed by atoms with E-state index in [9.17, 15) is 4.79 Å². The quantitative estimate of drug-likeness (QED) is 0.806. The third kappa shape index (κ3) is 4.32. The highest BCUT2D eigenvalue weighted by Gasteiger charge is 2.23. The number of benzene rings is 1. The molecular formula is C16H21N3O2. The highest BCUT2D eigenvalue weighted by molar-refractivity contribution is 5.74. The summed E-state index contributed by atoms with van der Waals surface area (Å²) in [5.74, 6) is 3.69. The molecule has 0 radical (unpaired) electrons. The van der Waals surface area contributed by atoms with Gasteiger partial charge < -0.3 is 20.3 Å². The van der Waals surface area contributed by atoms with Gasteiger partial charge in [-0.05, 0) is 24.5 Å². The fraction of sp³-hybridized carbons (Fsp3) is 0.438. The zero-order valence-electron chi connectivity index (χ0n) is 12.3. The van der Waals surface area contributed by atoms with Crippen LogP contribution in [-0.4, -0.2) is 39.3 Å². The number of rotatable bonds is 5. The summed E-state index contributed by atoms with van der Waals surface area (Å²) in [6.07, 6.45) is 6.15. The Morgan fingerprint density at radius 3 is 3.14 bits per heavy atom. The van der Waals surface area contributed by atoms with Crippen LogP contribution in [-0.2, 0) is 0 Å². The van der Waals surface area contributed by atoms with E-state index in [0.29, 0.717) is 12.5 Å². The van der Waals surface area contributed by atoms with Crippen molar-refractivity contribution in [1.82, 2.24) is 10.6 Å². The SMILES string of the molecule is C#CCNC(=O)NC[C@H]1CCN(c2cccc(OC)c2)C1. The summed E-state index contributed by atoms with van der Waals surface area (Å²) < 4.78 is 5.25. The first kappa shape index (κ1) is 15.0. The minimum Gasteiger partial charge on any atom is -0.497 e. The minimum absolute atomic E-state index is 0.201. The van der Waals surface area contributed by atoms with Gasteiger partial charge in [0.05, 0.1) is 13.7 Å². The number of terminal acetylenes is 1. The molecule has 0 aliphatic carbocycles. The van der Waals surface area contributed by atoms with Gasteiger partial charge in [0, 0.05) is 31.4 Å². The minimum atomic E-state index is -0.201. The van der Waals surface area contributed by atoms with Crippen LogP contribution in [0.5, 0.6) is 5.75 Å². The van der Waals surface area contributed by atoms with Gasteiger partial charge in [0.1, 0.15) is 5.75 Å². The second kappa shape index (κ2) is 7.44. The van der Waals surface area contributed by atoms with Crippen molar-refractivity contribution in [3.8, 4) is 18.1 Å². The predicted molar refractivity (Wildman–Crippen MR) is 83.5 cm³/mol. The highest BCUT2D eigenvalue weighted by atomic mass is 16.5. The van der Waals surface area contributed by atoms with Gasteiger partial charge >= 0.3 is 6.03 Å². The van der Waals surface area contributed by atoms with Crippen molar-refractivity contribution >= 4 is 11.7 Å². The molecule has 0 aromatic heterocycles. The van der Waals surface area contributed by atoms with Gasteiger partial charge in [0.15, 0.2) is 0 Å². The van der Waals surface area contributed by atoms with Crippen LogP contribution in [0.25, 0.3) is 0 Å². The Labute approximate surface area is 125 Å². The molecule has 0 spiro atoms. The molecule has 2 rings (SSSR count). The van der Waals surface area contributed by atoms with E-state index in [1.54, 1.807) is 7.11 Å². The second-order valence-corrected chi connectivity index (χ2v) is 5.07. The molecule has 1 saturated heterocycles. The maximum absolute atomic E-state index is 11.4. The highest BCUT2D eigenvalue weighted by Crippen LogP contribution is 2.26. The molecule has 2 amide bonds. The first-order chi connectivity index (χ1) is 10.2. The lowest BCUT2D eigenvalue weighted by atomic mass is 10.1. The summed E-state index contributed by atoms with van der Waals surface area (Å²) in [6, 6.07) is 7.85. The van der Waals surface area contributed by atoms with Gasteiger partial charge in [-0.2, -0.15) is 0 Å². The number of hydrogen-bond acceptors (Lipinski definition) is 3. The molecule has 0 unspecified atom stereocenters. The number of hydrogen-bond donors (Lipinski definition) is 2. The summed E-state index contributed by atoms with van der Waals surface area (Å²) in [5.41, 5.74) is 1.16. The Morgan fingerprint density at radius 1 is 1.52 bits per heavy atom. The number of urea groups is 1. The van der Waals surface area contributed by atoms with Gasteiger partial charge in [0.25, 0.3) is 0 Å². The van der Waals surface area contributed by atoms with Crippen LogP contribution >= 0.6 is 0 Å². The first-order valence-corrected chi connectivity index (χ1v) is 7.07. The van der Waals surface area contributed by atoms with E-state index in [1.807, 2.05) is 18.2 Å². The zero-order valence-corrected chi connectivity index (χ0v) is 12.3. The summed E-state index contributed by atoms with van der Waals surface area (Å²) in [4.78, 5) is 13.8. The predicted octanol–water partition coefficient (Wildman–Crippen LogP) is 1.45. The normalized spacial score (nSPS) is 17.1. The monoisotopic (exact) mass is 287 g/mol. The summed E-state index contributed by atoms with van der Waals surface area (Å²) in [7, 11) is 1.67. The van der Waals surface area contributed by atoms with Crippen molar-refractivity contribution in [2.45, 2.75) is 6.42 Å². The molecule has 5 nitrogen and oxygen atoms in total. The Balaban J connectivity index is 1.80. The van der Waals surface area contributed by atoms with Crippen LogP contribution in [0.2, 0.25) is 0 Å². The molecule has 1 aromatic carbocycles. The fourth-order valence-electron chi connectivity index (χ4n) is 2.47. The zero-order chi connectivity index (χ0) is 15.1. The average Bonchev–Trinajstić information content (AvgIpc) is 3.00. The van der Waals surface area contributed by atoms with E-state index in [1.165, 1.54) is 0 Å². The molecule has 1 aliphatic heterocycles. The maximum Gasteiger partial charge on any atom is 0.315 e. The third-order valence-electron chi connectivity index (χ3n) is 3.61. The number of anilines is 1. The van der Waals surface area contributed by atoms with Gasteiger partial charge in [-0.1, -0.05) is 12.0 Å². The van der Waals surface area contributed by atoms with Crippen LogP contribution in [0.1, 0.15) is 6.42 Å². The number of carbonyl (C=O) groups excluding carboxylic acids is 1. The number of nitrogens with zero attached hydrogens (tertiary/aromatic N) is 1. The summed E-state index contributed by atoms with van der Waals surface area (Å²) >= 11 is 0. The third-order valence-corrected chi connectivity index (χ3v) is 3.61. The lowest BCUT2D eigenvalue weighted by molar-refractivity contribution is 0.240. The maximum atomic E-state index is 11.4. The molecular weight excluding hydrogens is 266 g/mol. The van der Waals surface area contributed by atoms with E-state index >= 15 is 0 Å². The van der Waals surface area contributed by atoms with Gasteiger partial charge in [0.2, 0.25) is 0 Å². The molecule has 21 heavy (non-hydrogen) atoms. The molecule has 1 fully saturated rings. The van der Waals surface area contributed by atoms with E-state index < -0.39 is 0 Å². The fourth-order valence-corrected chi connectivity index (χ4v) is 2.47. The molecule has 1 atom stereocenters. The summed E-state index contributed by atoms with van der Waals surface area (Å²) in [6.45, 7) is 2.84. The number of nitrogens with one attached hydrogen (secondary N) is 2. The molecule has 2 N–H and O–H groups in total. The van der Waals surface area contributed by atoms with E-state index in [0.717, 1.165) is 30.9 Å². The van der Waals surface area contributed by atoms with E-state index in [2.05, 4.69) is 27.5 Å². The van der Waals surface area contributed by atoms with Crippen LogP contribution in [0.15, 0.2) is 24.3 Å². The molecule has 0 saturated carbocycles. The first-order valence-electron chi connectivity index (χ1n) is 7.07. The van der Waals surface area contributed by atoms with Crippen molar-refractivity contribution in [2.75, 3.05) is 38.2 Å². The smallest absolute Gasteiger partial charge is 0.315 e. The van der Waals surface area contributed by atoms with Crippen LogP contribution in [0, 0.1) is 18.3 Å². The van der Waals surface area contributed by atoms with Crippen molar-refractivity contribution in [3.63, 3.8) is 0 Å². The summed E-state index contributed by atoms with van der Waals surface area (Å²) in [5, 5.41) is 5.45. The molecule has 5 heteroatoms. The standard InChI is InChI=1S/C16H21N3O2/c1-3-8-17-16(20)18-11-13-7-9-19(12-13)14-5-4-6-15(10-14)21-2/h1,4-6,10,13H,7-9,11-12H2,2H3,(H2,17,18,20)/t13-/m1/s1. The Hall–Kier alpha value is -2.35.